The zero-order valence-electron chi connectivity index (χ0n) is 26.4. The lowest BCUT2D eigenvalue weighted by atomic mass is 9.37. The monoisotopic (exact) mass is 570 g/mol. The molecule has 0 aromatic heterocycles. The summed E-state index contributed by atoms with van der Waals surface area (Å²) >= 11 is 0. The van der Waals surface area contributed by atoms with Crippen LogP contribution >= 0.6 is 0 Å². The molecule has 41 heavy (non-hydrogen) atoms. The normalized spacial score (nSPS) is 37.0. The Labute approximate surface area is 248 Å². The van der Waals surface area contributed by atoms with E-state index in [1.54, 1.807) is 0 Å². The first-order chi connectivity index (χ1) is 19.2. The van der Waals surface area contributed by atoms with E-state index in [0.29, 0.717) is 50.4 Å². The van der Waals surface area contributed by atoms with E-state index in [0.717, 1.165) is 24.8 Å². The smallest absolute Gasteiger partial charge is 0.331 e. The summed E-state index contributed by atoms with van der Waals surface area (Å²) in [5.41, 5.74) is -2.54. The SMILES string of the molecule is CC(C)CCCC(C)CCCC12C(O)CCC(C)(C)C1C1CC(C)(C#CCCC(=O)O1)C2(O)CCC1=CC(=O)OC1. The summed E-state index contributed by atoms with van der Waals surface area (Å²) < 4.78 is 11.4. The van der Waals surface area contributed by atoms with Crippen molar-refractivity contribution >= 4 is 11.9 Å². The fraction of sp³-hybridized carbons (Fsp3) is 0.829. The van der Waals surface area contributed by atoms with Crippen molar-refractivity contribution in [3.63, 3.8) is 0 Å². The number of carbonyl (C=O) groups excluding carboxylic acids is 2. The molecule has 7 atom stereocenters. The van der Waals surface area contributed by atoms with Crippen molar-refractivity contribution in [1.82, 2.24) is 0 Å². The van der Waals surface area contributed by atoms with Crippen LogP contribution in [0.3, 0.4) is 0 Å². The van der Waals surface area contributed by atoms with Crippen LogP contribution in [0.1, 0.15) is 125 Å². The molecule has 0 saturated heterocycles. The Morgan fingerprint density at radius 2 is 1.80 bits per heavy atom. The van der Waals surface area contributed by atoms with E-state index in [-0.39, 0.29) is 36.3 Å². The molecule has 0 aromatic rings. The minimum Gasteiger partial charge on any atom is -0.462 e. The summed E-state index contributed by atoms with van der Waals surface area (Å²) in [6.45, 7) is 13.5. The highest BCUT2D eigenvalue weighted by molar-refractivity contribution is 5.85. The predicted molar refractivity (Wildman–Crippen MR) is 159 cm³/mol. The second-order valence-corrected chi connectivity index (χ2v) is 15.0. The fourth-order valence-corrected chi connectivity index (χ4v) is 9.01. The van der Waals surface area contributed by atoms with Crippen LogP contribution in [0, 0.1) is 45.8 Å². The van der Waals surface area contributed by atoms with E-state index in [4.69, 9.17) is 9.47 Å². The van der Waals surface area contributed by atoms with Gasteiger partial charge in [-0.25, -0.2) is 4.79 Å². The van der Waals surface area contributed by atoms with Gasteiger partial charge >= 0.3 is 11.9 Å². The minimum absolute atomic E-state index is 0.215. The predicted octanol–water partition coefficient (Wildman–Crippen LogP) is 6.52. The van der Waals surface area contributed by atoms with Gasteiger partial charge in [0.05, 0.1) is 23.5 Å². The summed E-state index contributed by atoms with van der Waals surface area (Å²) in [5.74, 6) is 7.13. The molecule has 2 aliphatic carbocycles. The molecule has 0 aromatic carbocycles. The molecule has 2 fully saturated rings. The molecular formula is C35H54O6. The topological polar surface area (TPSA) is 93.1 Å². The van der Waals surface area contributed by atoms with E-state index in [2.05, 4.69) is 46.5 Å². The number of fused-ring (bicyclic) bond motifs is 4. The maximum absolute atomic E-state index is 13.3. The van der Waals surface area contributed by atoms with Crippen molar-refractivity contribution in [1.29, 1.82) is 0 Å². The highest BCUT2D eigenvalue weighted by Gasteiger charge is 2.74. The molecule has 6 heteroatoms. The lowest BCUT2D eigenvalue weighted by Crippen LogP contribution is -2.75. The van der Waals surface area contributed by atoms with Gasteiger partial charge in [0.1, 0.15) is 12.7 Å². The van der Waals surface area contributed by atoms with E-state index >= 15 is 0 Å². The molecule has 2 bridgehead atoms. The third-order valence-corrected chi connectivity index (χ3v) is 11.1. The van der Waals surface area contributed by atoms with Crippen LogP contribution < -0.4 is 0 Å². The molecule has 0 amide bonds. The molecular weight excluding hydrogens is 516 g/mol. The first kappa shape index (κ1) is 32.1. The van der Waals surface area contributed by atoms with Gasteiger partial charge in [0.15, 0.2) is 0 Å². The standard InChI is InChI=1S/C35H54O6/c1-24(2)11-9-12-25(3)13-10-18-34-28(36)16-19-32(4,5)31(34)27-22-33(6,17-8-7-14-29(37)41-27)35(34,39)20-15-26-21-30(38)40-23-26/h21,24-25,27-28,31,36,39H,7,9-16,18-20,22-23H2,1-6H3. The summed E-state index contributed by atoms with van der Waals surface area (Å²) in [7, 11) is 0. The molecule has 7 unspecified atom stereocenters. The van der Waals surface area contributed by atoms with Crippen LogP contribution in [0.25, 0.3) is 0 Å². The molecule has 2 heterocycles. The lowest BCUT2D eigenvalue weighted by molar-refractivity contribution is -0.305. The number of hydrogen-bond donors (Lipinski definition) is 2. The number of rotatable bonds is 11. The lowest BCUT2D eigenvalue weighted by Gasteiger charge is -2.69. The molecule has 0 spiro atoms. The van der Waals surface area contributed by atoms with Crippen molar-refractivity contribution in [3.05, 3.63) is 11.6 Å². The maximum Gasteiger partial charge on any atom is 0.331 e. The van der Waals surface area contributed by atoms with Crippen LogP contribution in [-0.2, 0) is 19.1 Å². The van der Waals surface area contributed by atoms with Gasteiger partial charge in [0.2, 0.25) is 0 Å². The number of cyclic esters (lactones) is 1. The van der Waals surface area contributed by atoms with Gasteiger partial charge < -0.3 is 19.7 Å². The third-order valence-electron chi connectivity index (χ3n) is 11.1. The summed E-state index contributed by atoms with van der Waals surface area (Å²) in [6, 6.07) is 0. The molecule has 2 N–H and O–H groups in total. The third kappa shape index (κ3) is 6.28. The zero-order chi connectivity index (χ0) is 30.1. The second-order valence-electron chi connectivity index (χ2n) is 15.0. The van der Waals surface area contributed by atoms with Crippen LogP contribution in [0.4, 0.5) is 0 Å². The van der Waals surface area contributed by atoms with Crippen molar-refractivity contribution < 1.29 is 29.3 Å². The number of esters is 2. The van der Waals surface area contributed by atoms with Crippen LogP contribution in [-0.4, -0.2) is 46.6 Å². The quantitative estimate of drug-likeness (QED) is 0.217. The molecule has 0 radical (unpaired) electrons. The van der Waals surface area contributed by atoms with Gasteiger partial charge in [-0.1, -0.05) is 72.6 Å². The highest BCUT2D eigenvalue weighted by Crippen LogP contribution is 2.69. The van der Waals surface area contributed by atoms with E-state index in [1.807, 2.05) is 6.92 Å². The summed E-state index contributed by atoms with van der Waals surface area (Å²) in [5, 5.41) is 25.5. The van der Waals surface area contributed by atoms with E-state index < -0.39 is 28.6 Å². The zero-order valence-corrected chi connectivity index (χ0v) is 26.4. The average molecular weight is 571 g/mol. The fourth-order valence-electron chi connectivity index (χ4n) is 9.01. The van der Waals surface area contributed by atoms with Crippen molar-refractivity contribution in [2.24, 2.45) is 34.0 Å². The van der Waals surface area contributed by atoms with Gasteiger partial charge in [-0.05, 0) is 61.9 Å². The Hall–Kier alpha value is -1.84. The molecule has 2 aliphatic heterocycles. The Kier molecular flexibility index (Phi) is 9.71. The number of hydrogen-bond acceptors (Lipinski definition) is 6. The van der Waals surface area contributed by atoms with Gasteiger partial charge in [0, 0.05) is 30.3 Å². The Bertz CT molecular complexity index is 1060. The van der Waals surface area contributed by atoms with Gasteiger partial charge in [-0.2, -0.15) is 0 Å². The Morgan fingerprint density at radius 3 is 2.49 bits per heavy atom. The second kappa shape index (κ2) is 12.4. The first-order valence-electron chi connectivity index (χ1n) is 16.2. The molecule has 230 valence electrons. The van der Waals surface area contributed by atoms with Gasteiger partial charge in [0.25, 0.3) is 0 Å². The average Bonchev–Trinajstić information content (AvgIpc) is 3.32. The number of aliphatic hydroxyl groups is 2. The van der Waals surface area contributed by atoms with Gasteiger partial charge in [-0.3, -0.25) is 4.79 Å². The summed E-state index contributed by atoms with van der Waals surface area (Å²) in [6.07, 6.45) is 9.85. The van der Waals surface area contributed by atoms with E-state index in [1.165, 1.54) is 25.3 Å². The van der Waals surface area contributed by atoms with Crippen molar-refractivity contribution in [2.75, 3.05) is 6.61 Å². The van der Waals surface area contributed by atoms with Crippen LogP contribution in [0.5, 0.6) is 0 Å². The van der Waals surface area contributed by atoms with Crippen LogP contribution in [0.2, 0.25) is 0 Å². The van der Waals surface area contributed by atoms with Crippen molar-refractivity contribution in [3.8, 4) is 11.8 Å². The number of aliphatic hydroxyl groups excluding tert-OH is 1. The molecule has 6 nitrogen and oxygen atoms in total. The highest BCUT2D eigenvalue weighted by atomic mass is 16.5. The Morgan fingerprint density at radius 1 is 1.07 bits per heavy atom. The largest absolute Gasteiger partial charge is 0.462 e. The van der Waals surface area contributed by atoms with Crippen molar-refractivity contribution in [2.45, 2.75) is 143 Å². The van der Waals surface area contributed by atoms with Crippen LogP contribution in [0.15, 0.2) is 11.6 Å². The van der Waals surface area contributed by atoms with E-state index in [9.17, 15) is 19.8 Å². The Balaban J connectivity index is 1.76. The minimum atomic E-state index is -1.35. The summed E-state index contributed by atoms with van der Waals surface area (Å²) in [4.78, 5) is 24.8. The molecule has 2 saturated carbocycles. The maximum atomic E-state index is 13.3. The molecule has 4 rings (SSSR count). The first-order valence-corrected chi connectivity index (χ1v) is 16.2. The van der Waals surface area contributed by atoms with Gasteiger partial charge in [-0.15, -0.1) is 5.92 Å². The number of carbonyl (C=O) groups is 2. The molecule has 4 aliphatic rings. The number of ether oxygens (including phenoxy) is 2.